The zero-order valence-corrected chi connectivity index (χ0v) is 18.3. The van der Waals surface area contributed by atoms with E-state index in [1.165, 1.54) is 6.07 Å². The van der Waals surface area contributed by atoms with Crippen LogP contribution in [0.4, 0.5) is 0 Å². The standard InChI is InChI=1S/C24H28N2O5/c1-5-12-25-23(29)17(4)26-21(27)14-31-24(30)19-9-7-6-8-18(19)22(28)20-13-15(2)10-11-16(20)3/h6-11,13,17H,5,12,14H2,1-4H3,(H,25,29)(H,26,27)/t17-/m1/s1. The van der Waals surface area contributed by atoms with Crippen LogP contribution in [0.3, 0.4) is 0 Å². The summed E-state index contributed by atoms with van der Waals surface area (Å²) < 4.78 is 5.10. The molecule has 164 valence electrons. The van der Waals surface area contributed by atoms with E-state index in [-0.39, 0.29) is 22.8 Å². The van der Waals surface area contributed by atoms with E-state index in [9.17, 15) is 19.2 Å². The minimum atomic E-state index is -0.785. The highest BCUT2D eigenvalue weighted by Crippen LogP contribution is 2.19. The summed E-state index contributed by atoms with van der Waals surface area (Å²) in [6.07, 6.45) is 0.782. The molecular weight excluding hydrogens is 396 g/mol. The van der Waals surface area contributed by atoms with Crippen LogP contribution in [-0.2, 0) is 14.3 Å². The lowest BCUT2D eigenvalue weighted by molar-refractivity contribution is -0.130. The number of rotatable bonds is 9. The smallest absolute Gasteiger partial charge is 0.339 e. The Hall–Kier alpha value is -3.48. The molecular formula is C24H28N2O5. The maximum absolute atomic E-state index is 13.1. The number of aryl methyl sites for hydroxylation is 2. The highest BCUT2D eigenvalue weighted by Gasteiger charge is 2.22. The van der Waals surface area contributed by atoms with E-state index in [0.29, 0.717) is 12.1 Å². The van der Waals surface area contributed by atoms with Crippen LogP contribution >= 0.6 is 0 Å². The van der Waals surface area contributed by atoms with Crippen molar-refractivity contribution in [2.24, 2.45) is 0 Å². The first-order chi connectivity index (χ1) is 14.7. The fraction of sp³-hybridized carbons (Fsp3) is 0.333. The predicted molar refractivity (Wildman–Crippen MR) is 117 cm³/mol. The molecule has 0 aliphatic heterocycles. The Morgan fingerprint density at radius 2 is 1.65 bits per heavy atom. The Labute approximate surface area is 182 Å². The lowest BCUT2D eigenvalue weighted by Gasteiger charge is -2.14. The Kier molecular flexibility index (Phi) is 8.49. The van der Waals surface area contributed by atoms with Crippen molar-refractivity contribution in [1.29, 1.82) is 0 Å². The van der Waals surface area contributed by atoms with Gasteiger partial charge < -0.3 is 15.4 Å². The largest absolute Gasteiger partial charge is 0.452 e. The number of nitrogens with one attached hydrogen (secondary N) is 2. The molecule has 2 rings (SSSR count). The lowest BCUT2D eigenvalue weighted by Crippen LogP contribution is -2.46. The molecule has 31 heavy (non-hydrogen) atoms. The molecule has 7 nitrogen and oxygen atoms in total. The molecule has 7 heteroatoms. The van der Waals surface area contributed by atoms with Crippen molar-refractivity contribution in [2.75, 3.05) is 13.2 Å². The first-order valence-corrected chi connectivity index (χ1v) is 10.2. The first-order valence-electron chi connectivity index (χ1n) is 10.2. The van der Waals surface area contributed by atoms with Gasteiger partial charge in [0.1, 0.15) is 6.04 Å². The van der Waals surface area contributed by atoms with Gasteiger partial charge in [0.25, 0.3) is 5.91 Å². The molecule has 0 saturated heterocycles. The van der Waals surface area contributed by atoms with Gasteiger partial charge in [-0.2, -0.15) is 0 Å². The average molecular weight is 424 g/mol. The SMILES string of the molecule is CCCNC(=O)[C@@H](C)NC(=O)COC(=O)c1ccccc1C(=O)c1cc(C)ccc1C. The second-order valence-corrected chi connectivity index (χ2v) is 7.35. The number of esters is 1. The molecule has 0 aliphatic carbocycles. The number of ether oxygens (including phenoxy) is 1. The number of ketones is 1. The van der Waals surface area contributed by atoms with Crippen LogP contribution in [0.1, 0.15) is 57.7 Å². The maximum Gasteiger partial charge on any atom is 0.339 e. The van der Waals surface area contributed by atoms with Gasteiger partial charge >= 0.3 is 5.97 Å². The zero-order valence-electron chi connectivity index (χ0n) is 18.3. The van der Waals surface area contributed by atoms with Gasteiger partial charge in [-0.05, 0) is 44.9 Å². The van der Waals surface area contributed by atoms with Crippen LogP contribution in [0.25, 0.3) is 0 Å². The normalized spacial score (nSPS) is 11.4. The molecule has 1 atom stereocenters. The Morgan fingerprint density at radius 3 is 2.32 bits per heavy atom. The van der Waals surface area contributed by atoms with Crippen molar-refractivity contribution in [3.63, 3.8) is 0 Å². The fourth-order valence-corrected chi connectivity index (χ4v) is 2.94. The van der Waals surface area contributed by atoms with Crippen LogP contribution in [0.5, 0.6) is 0 Å². The van der Waals surface area contributed by atoms with Crippen molar-refractivity contribution in [2.45, 2.75) is 40.2 Å². The molecule has 2 amide bonds. The number of carbonyl (C=O) groups is 4. The maximum atomic E-state index is 13.1. The molecule has 0 unspecified atom stereocenters. The summed E-state index contributed by atoms with van der Waals surface area (Å²) in [4.78, 5) is 49.5. The second kappa shape index (κ2) is 11.1. The van der Waals surface area contributed by atoms with Gasteiger partial charge in [-0.15, -0.1) is 0 Å². The second-order valence-electron chi connectivity index (χ2n) is 7.35. The molecule has 2 N–H and O–H groups in total. The summed E-state index contributed by atoms with van der Waals surface area (Å²) in [7, 11) is 0. The summed E-state index contributed by atoms with van der Waals surface area (Å²) in [6, 6.07) is 11.1. The molecule has 0 spiro atoms. The van der Waals surface area contributed by atoms with Crippen LogP contribution in [0, 0.1) is 13.8 Å². The molecule has 0 radical (unpaired) electrons. The third-order valence-electron chi connectivity index (χ3n) is 4.68. The number of carbonyl (C=O) groups excluding carboxylic acids is 4. The van der Waals surface area contributed by atoms with Gasteiger partial charge in [0.15, 0.2) is 12.4 Å². The third-order valence-corrected chi connectivity index (χ3v) is 4.68. The molecule has 2 aromatic carbocycles. The molecule has 0 aliphatic rings. The summed E-state index contributed by atoms with van der Waals surface area (Å²) >= 11 is 0. The fourth-order valence-electron chi connectivity index (χ4n) is 2.94. The van der Waals surface area contributed by atoms with Crippen molar-refractivity contribution >= 4 is 23.6 Å². The van der Waals surface area contributed by atoms with E-state index in [4.69, 9.17) is 4.74 Å². The zero-order chi connectivity index (χ0) is 23.0. The van der Waals surface area contributed by atoms with Crippen molar-refractivity contribution in [3.8, 4) is 0 Å². The summed E-state index contributed by atoms with van der Waals surface area (Å²) in [5.74, 6) is -2.00. The van der Waals surface area contributed by atoms with Crippen LogP contribution in [0.15, 0.2) is 42.5 Å². The van der Waals surface area contributed by atoms with Crippen molar-refractivity contribution in [1.82, 2.24) is 10.6 Å². The quantitative estimate of drug-likeness (QED) is 0.476. The highest BCUT2D eigenvalue weighted by atomic mass is 16.5. The van der Waals surface area contributed by atoms with E-state index < -0.39 is 24.5 Å². The molecule has 0 heterocycles. The average Bonchev–Trinajstić information content (AvgIpc) is 2.76. The first kappa shape index (κ1) is 23.8. The molecule has 2 aromatic rings. The van der Waals surface area contributed by atoms with Gasteiger partial charge in [0.05, 0.1) is 5.56 Å². The number of hydrogen-bond acceptors (Lipinski definition) is 5. The summed E-state index contributed by atoms with van der Waals surface area (Å²) in [5, 5.41) is 5.15. The van der Waals surface area contributed by atoms with E-state index in [0.717, 1.165) is 17.5 Å². The number of hydrogen-bond donors (Lipinski definition) is 2. The summed E-state index contributed by atoms with van der Waals surface area (Å²) in [5.41, 5.74) is 2.52. The van der Waals surface area contributed by atoms with Gasteiger partial charge in [0.2, 0.25) is 5.91 Å². The monoisotopic (exact) mass is 424 g/mol. The van der Waals surface area contributed by atoms with E-state index >= 15 is 0 Å². The minimum absolute atomic E-state index is 0.0787. The summed E-state index contributed by atoms with van der Waals surface area (Å²) in [6.45, 7) is 7.14. The van der Waals surface area contributed by atoms with E-state index in [1.54, 1.807) is 31.2 Å². The highest BCUT2D eigenvalue weighted by molar-refractivity contribution is 6.15. The lowest BCUT2D eigenvalue weighted by atomic mass is 9.94. The van der Waals surface area contributed by atoms with Gasteiger partial charge in [-0.1, -0.05) is 42.8 Å². The van der Waals surface area contributed by atoms with Crippen LogP contribution in [-0.4, -0.2) is 42.8 Å². The van der Waals surface area contributed by atoms with Crippen molar-refractivity contribution < 1.29 is 23.9 Å². The molecule has 0 saturated carbocycles. The van der Waals surface area contributed by atoms with Gasteiger partial charge in [0, 0.05) is 17.7 Å². The minimum Gasteiger partial charge on any atom is -0.452 e. The van der Waals surface area contributed by atoms with Gasteiger partial charge in [-0.25, -0.2) is 4.79 Å². The molecule has 0 bridgehead atoms. The van der Waals surface area contributed by atoms with Crippen molar-refractivity contribution in [3.05, 3.63) is 70.3 Å². The third kappa shape index (κ3) is 6.50. The Morgan fingerprint density at radius 1 is 0.968 bits per heavy atom. The molecule has 0 aromatic heterocycles. The predicted octanol–water partition coefficient (Wildman–Crippen LogP) is 2.72. The van der Waals surface area contributed by atoms with E-state index in [1.807, 2.05) is 32.9 Å². The van der Waals surface area contributed by atoms with Gasteiger partial charge in [-0.3, -0.25) is 14.4 Å². The number of benzene rings is 2. The van der Waals surface area contributed by atoms with Crippen LogP contribution in [0.2, 0.25) is 0 Å². The molecule has 0 fully saturated rings. The topological polar surface area (TPSA) is 102 Å². The van der Waals surface area contributed by atoms with Crippen LogP contribution < -0.4 is 10.6 Å². The Balaban J connectivity index is 2.07. The van der Waals surface area contributed by atoms with E-state index in [2.05, 4.69) is 10.6 Å². The Bertz CT molecular complexity index is 984. The number of amides is 2.